The minimum absolute atomic E-state index is 0.212. The first kappa shape index (κ1) is 25.4. The monoisotopic (exact) mass is 496 g/mol. The first-order valence-corrected chi connectivity index (χ1v) is 12.1. The van der Waals surface area contributed by atoms with E-state index in [0.717, 1.165) is 16.3 Å². The normalized spacial score (nSPS) is 10.9. The van der Waals surface area contributed by atoms with Gasteiger partial charge < -0.3 is 14.2 Å². The topological polar surface area (TPSA) is 86.2 Å². The average Bonchev–Trinajstić information content (AvgIpc) is 2.91. The van der Waals surface area contributed by atoms with Crippen molar-refractivity contribution < 1.29 is 23.8 Å². The van der Waals surface area contributed by atoms with Crippen molar-refractivity contribution in [3.8, 4) is 17.2 Å². The molecule has 37 heavy (non-hydrogen) atoms. The number of hydrazone groups is 1. The van der Waals surface area contributed by atoms with Crippen molar-refractivity contribution in [2.24, 2.45) is 5.10 Å². The third-order valence-electron chi connectivity index (χ3n) is 5.51. The Balaban J connectivity index is 1.40. The van der Waals surface area contributed by atoms with Gasteiger partial charge in [-0.25, -0.2) is 10.2 Å². The minimum atomic E-state index is -0.508. The summed E-state index contributed by atoms with van der Waals surface area (Å²) in [5, 5.41) is 6.21. The molecule has 0 aliphatic heterocycles. The van der Waals surface area contributed by atoms with Crippen LogP contribution in [0.2, 0.25) is 0 Å². The summed E-state index contributed by atoms with van der Waals surface area (Å²) in [6.07, 6.45) is 1.73. The lowest BCUT2D eigenvalue weighted by Crippen LogP contribution is -2.19. The highest BCUT2D eigenvalue weighted by atomic mass is 16.6. The second-order valence-corrected chi connectivity index (χ2v) is 8.09. The van der Waals surface area contributed by atoms with E-state index in [1.54, 1.807) is 42.5 Å². The summed E-state index contributed by atoms with van der Waals surface area (Å²) in [6, 6.07) is 25.6. The van der Waals surface area contributed by atoms with Crippen molar-refractivity contribution in [2.75, 3.05) is 13.2 Å². The summed E-state index contributed by atoms with van der Waals surface area (Å²) in [7, 11) is 0. The van der Waals surface area contributed by atoms with Crippen molar-refractivity contribution in [3.63, 3.8) is 0 Å². The standard InChI is InChI=1S/C30H28N2O5/c1-3-35-25-15-13-23(14-16-25)30(34)37-27-17-12-21(18-28(27)36-4-2)20-31-32-29(33)19-24-10-7-9-22-8-5-6-11-26(22)24/h5-18,20H,3-4,19H2,1-2H3,(H,32,33). The van der Waals surface area contributed by atoms with Crippen LogP contribution in [-0.4, -0.2) is 31.3 Å². The molecule has 1 amide bonds. The van der Waals surface area contributed by atoms with Gasteiger partial charge >= 0.3 is 5.97 Å². The zero-order valence-corrected chi connectivity index (χ0v) is 20.8. The molecule has 4 rings (SSSR count). The van der Waals surface area contributed by atoms with Gasteiger partial charge in [0, 0.05) is 0 Å². The van der Waals surface area contributed by atoms with E-state index >= 15 is 0 Å². The van der Waals surface area contributed by atoms with Gasteiger partial charge in [0.25, 0.3) is 0 Å². The molecule has 1 N–H and O–H groups in total. The molecule has 4 aromatic rings. The summed E-state index contributed by atoms with van der Waals surface area (Å²) in [6.45, 7) is 4.67. The first-order chi connectivity index (χ1) is 18.1. The molecule has 0 saturated heterocycles. The third kappa shape index (κ3) is 6.73. The van der Waals surface area contributed by atoms with Crippen molar-refractivity contribution in [1.29, 1.82) is 0 Å². The maximum Gasteiger partial charge on any atom is 0.343 e. The van der Waals surface area contributed by atoms with E-state index < -0.39 is 5.97 Å². The number of fused-ring (bicyclic) bond motifs is 1. The summed E-state index contributed by atoms with van der Waals surface area (Å²) < 4.78 is 16.6. The number of hydrogen-bond donors (Lipinski definition) is 1. The SMILES string of the molecule is CCOc1ccc(C(=O)Oc2ccc(C=NNC(=O)Cc3cccc4ccccc34)cc2OCC)cc1. The zero-order valence-electron chi connectivity index (χ0n) is 20.8. The molecule has 0 aliphatic rings. The lowest BCUT2D eigenvalue weighted by atomic mass is 10.0. The molecule has 0 heterocycles. The number of hydrogen-bond acceptors (Lipinski definition) is 6. The Hall–Kier alpha value is -4.65. The molecule has 7 heteroatoms. The van der Waals surface area contributed by atoms with Gasteiger partial charge in [-0.2, -0.15) is 5.10 Å². The molecule has 0 aliphatic carbocycles. The van der Waals surface area contributed by atoms with E-state index in [-0.39, 0.29) is 18.1 Å². The summed E-state index contributed by atoms with van der Waals surface area (Å²) in [4.78, 5) is 25.1. The van der Waals surface area contributed by atoms with Crippen molar-refractivity contribution in [3.05, 3.63) is 102 Å². The van der Waals surface area contributed by atoms with Gasteiger partial charge in [-0.15, -0.1) is 0 Å². The van der Waals surface area contributed by atoms with Gasteiger partial charge in [0.05, 0.1) is 31.4 Å². The molecular formula is C30H28N2O5. The fourth-order valence-electron chi connectivity index (χ4n) is 3.81. The van der Waals surface area contributed by atoms with Crippen LogP contribution in [0.5, 0.6) is 17.2 Å². The number of amides is 1. The molecular weight excluding hydrogens is 468 g/mol. The van der Waals surface area contributed by atoms with Crippen LogP contribution in [0.3, 0.4) is 0 Å². The summed E-state index contributed by atoms with van der Waals surface area (Å²) in [5.74, 6) is 0.636. The van der Waals surface area contributed by atoms with E-state index in [2.05, 4.69) is 10.5 Å². The van der Waals surface area contributed by atoms with Crippen molar-refractivity contribution in [1.82, 2.24) is 5.43 Å². The number of nitrogens with one attached hydrogen (secondary N) is 1. The average molecular weight is 497 g/mol. The lowest BCUT2D eigenvalue weighted by Gasteiger charge is -2.11. The van der Waals surface area contributed by atoms with Crippen LogP contribution in [0.4, 0.5) is 0 Å². The van der Waals surface area contributed by atoms with Crippen molar-refractivity contribution >= 4 is 28.9 Å². The fraction of sp³-hybridized carbons (Fsp3) is 0.167. The molecule has 188 valence electrons. The number of carbonyl (C=O) groups is 2. The molecule has 0 spiro atoms. The van der Waals surface area contributed by atoms with E-state index in [0.29, 0.717) is 35.8 Å². The largest absolute Gasteiger partial charge is 0.494 e. The van der Waals surface area contributed by atoms with E-state index in [9.17, 15) is 9.59 Å². The fourth-order valence-corrected chi connectivity index (χ4v) is 3.81. The highest BCUT2D eigenvalue weighted by Gasteiger charge is 2.14. The number of carbonyl (C=O) groups excluding carboxylic acids is 2. The van der Waals surface area contributed by atoms with Crippen LogP contribution in [0.15, 0.2) is 90.0 Å². The van der Waals surface area contributed by atoms with Gasteiger partial charge in [0.15, 0.2) is 11.5 Å². The number of ether oxygens (including phenoxy) is 3. The molecule has 0 unspecified atom stereocenters. The second-order valence-electron chi connectivity index (χ2n) is 8.09. The Bertz CT molecular complexity index is 1410. The Kier molecular flexibility index (Phi) is 8.49. The molecule has 0 atom stereocenters. The van der Waals surface area contributed by atoms with Gasteiger partial charge in [-0.3, -0.25) is 4.79 Å². The Labute approximate surface area is 215 Å². The highest BCUT2D eigenvalue weighted by molar-refractivity contribution is 5.92. The molecule has 0 bridgehead atoms. The van der Waals surface area contributed by atoms with Crippen LogP contribution in [-0.2, 0) is 11.2 Å². The zero-order chi connectivity index (χ0) is 26.0. The highest BCUT2D eigenvalue weighted by Crippen LogP contribution is 2.29. The molecule has 0 saturated carbocycles. The Morgan fingerprint density at radius 3 is 2.38 bits per heavy atom. The molecule has 4 aromatic carbocycles. The maximum atomic E-state index is 12.6. The first-order valence-electron chi connectivity index (χ1n) is 12.1. The number of rotatable bonds is 10. The number of benzene rings is 4. The third-order valence-corrected chi connectivity index (χ3v) is 5.51. The van der Waals surface area contributed by atoms with Gasteiger partial charge in [0.1, 0.15) is 5.75 Å². The summed E-state index contributed by atoms with van der Waals surface area (Å²) >= 11 is 0. The Morgan fingerprint density at radius 1 is 0.838 bits per heavy atom. The van der Waals surface area contributed by atoms with Crippen molar-refractivity contribution in [2.45, 2.75) is 20.3 Å². The summed E-state index contributed by atoms with van der Waals surface area (Å²) in [5.41, 5.74) is 4.57. The molecule has 0 aromatic heterocycles. The quantitative estimate of drug-likeness (QED) is 0.135. The molecule has 0 radical (unpaired) electrons. The smallest absolute Gasteiger partial charge is 0.343 e. The molecule has 7 nitrogen and oxygen atoms in total. The predicted molar refractivity (Wildman–Crippen MR) is 144 cm³/mol. The van der Waals surface area contributed by atoms with E-state index in [1.807, 2.05) is 56.3 Å². The Morgan fingerprint density at radius 2 is 1.59 bits per heavy atom. The maximum absolute atomic E-state index is 12.6. The van der Waals surface area contributed by atoms with Crippen LogP contribution in [0.25, 0.3) is 10.8 Å². The van der Waals surface area contributed by atoms with Crippen LogP contribution in [0, 0.1) is 0 Å². The predicted octanol–water partition coefficient (Wildman–Crippen LogP) is 5.55. The van der Waals surface area contributed by atoms with Crippen LogP contribution in [0.1, 0.15) is 35.3 Å². The second kappa shape index (κ2) is 12.4. The van der Waals surface area contributed by atoms with Gasteiger partial charge in [-0.1, -0.05) is 42.5 Å². The lowest BCUT2D eigenvalue weighted by molar-refractivity contribution is -0.120. The van der Waals surface area contributed by atoms with Gasteiger partial charge in [-0.05, 0) is 78.2 Å². The number of esters is 1. The van der Waals surface area contributed by atoms with E-state index in [1.165, 1.54) is 6.21 Å². The number of nitrogens with zero attached hydrogens (tertiary/aromatic N) is 1. The minimum Gasteiger partial charge on any atom is -0.494 e. The van der Waals surface area contributed by atoms with Crippen LogP contribution < -0.4 is 19.6 Å². The van der Waals surface area contributed by atoms with E-state index in [4.69, 9.17) is 14.2 Å². The molecule has 0 fully saturated rings. The van der Waals surface area contributed by atoms with Gasteiger partial charge in [0.2, 0.25) is 5.91 Å². The van der Waals surface area contributed by atoms with Crippen LogP contribution >= 0.6 is 0 Å².